The van der Waals surface area contributed by atoms with Crippen molar-refractivity contribution < 1.29 is 24.5 Å². The highest BCUT2D eigenvalue weighted by Crippen LogP contribution is 2.12. The number of nitrogens with zero attached hydrogens (tertiary/aromatic N) is 1. The predicted octanol–water partition coefficient (Wildman–Crippen LogP) is 0.687. The van der Waals surface area contributed by atoms with Crippen molar-refractivity contribution >= 4 is 12.1 Å². The van der Waals surface area contributed by atoms with Crippen LogP contribution in [-0.2, 0) is 9.53 Å². The van der Waals surface area contributed by atoms with Gasteiger partial charge in [0.15, 0.2) is 6.04 Å². The maximum Gasteiger partial charge on any atom is 0.410 e. The van der Waals surface area contributed by atoms with Gasteiger partial charge in [-0.3, -0.25) is 4.90 Å². The molecule has 0 bridgehead atoms. The minimum absolute atomic E-state index is 0.701. The number of hydrogen-bond donors (Lipinski definition) is 2. The SMILES string of the molecule is C[C@@H](O)[C@H](C(=O)O)N(C)C(=O)OC(C)(C)C. The van der Waals surface area contributed by atoms with Crippen molar-refractivity contribution in [3.63, 3.8) is 0 Å². The summed E-state index contributed by atoms with van der Waals surface area (Å²) in [6, 6.07) is -1.31. The van der Waals surface area contributed by atoms with E-state index in [4.69, 9.17) is 9.84 Å². The van der Waals surface area contributed by atoms with Crippen LogP contribution in [0.2, 0.25) is 0 Å². The Labute approximate surface area is 94.8 Å². The molecule has 6 heteroatoms. The van der Waals surface area contributed by atoms with Gasteiger partial charge >= 0.3 is 12.1 Å². The van der Waals surface area contributed by atoms with Gasteiger partial charge in [-0.1, -0.05) is 0 Å². The zero-order chi connectivity index (χ0) is 13.1. The normalized spacial score (nSPS) is 15.1. The molecule has 0 aliphatic carbocycles. The molecule has 16 heavy (non-hydrogen) atoms. The molecular weight excluding hydrogens is 214 g/mol. The molecule has 0 aromatic rings. The summed E-state index contributed by atoms with van der Waals surface area (Å²) in [6.07, 6.45) is -1.95. The van der Waals surface area contributed by atoms with E-state index in [2.05, 4.69) is 0 Å². The first-order valence-corrected chi connectivity index (χ1v) is 4.93. The zero-order valence-corrected chi connectivity index (χ0v) is 10.2. The van der Waals surface area contributed by atoms with Crippen LogP contribution in [0.5, 0.6) is 0 Å². The molecule has 0 heterocycles. The molecule has 0 unspecified atom stereocenters. The number of aliphatic hydroxyl groups is 1. The first-order chi connectivity index (χ1) is 7.06. The number of carboxylic acid groups (broad SMARTS) is 1. The largest absolute Gasteiger partial charge is 0.480 e. The summed E-state index contributed by atoms with van der Waals surface area (Å²) in [5.74, 6) is -1.27. The number of amides is 1. The Balaban J connectivity index is 4.69. The van der Waals surface area contributed by atoms with Crippen LogP contribution >= 0.6 is 0 Å². The molecular formula is C10H19NO5. The Hall–Kier alpha value is -1.30. The molecule has 0 aliphatic rings. The van der Waals surface area contributed by atoms with Gasteiger partial charge in [0.2, 0.25) is 0 Å². The van der Waals surface area contributed by atoms with Crippen molar-refractivity contribution in [2.75, 3.05) is 7.05 Å². The molecule has 6 nitrogen and oxygen atoms in total. The summed E-state index contributed by atoms with van der Waals surface area (Å²) in [4.78, 5) is 23.3. The van der Waals surface area contributed by atoms with E-state index in [1.807, 2.05) is 0 Å². The van der Waals surface area contributed by atoms with E-state index < -0.39 is 29.8 Å². The van der Waals surface area contributed by atoms with Gasteiger partial charge in [-0.15, -0.1) is 0 Å². The van der Waals surface area contributed by atoms with Crippen molar-refractivity contribution in [2.45, 2.75) is 45.4 Å². The molecule has 2 atom stereocenters. The molecule has 1 amide bonds. The average Bonchev–Trinajstić information content (AvgIpc) is 1.98. The molecule has 0 rings (SSSR count). The van der Waals surface area contributed by atoms with Gasteiger partial charge in [-0.2, -0.15) is 0 Å². The molecule has 94 valence electrons. The fraction of sp³-hybridized carbons (Fsp3) is 0.800. The number of ether oxygens (including phenoxy) is 1. The average molecular weight is 233 g/mol. The van der Waals surface area contributed by atoms with Crippen molar-refractivity contribution in [1.29, 1.82) is 0 Å². The lowest BCUT2D eigenvalue weighted by Crippen LogP contribution is -2.50. The van der Waals surface area contributed by atoms with Crippen molar-refractivity contribution in [3.8, 4) is 0 Å². The summed E-state index contributed by atoms with van der Waals surface area (Å²) < 4.78 is 4.99. The molecule has 0 aromatic heterocycles. The number of aliphatic hydroxyl groups excluding tert-OH is 1. The van der Waals surface area contributed by atoms with Gasteiger partial charge in [0.05, 0.1) is 6.10 Å². The molecule has 0 fully saturated rings. The molecule has 2 N–H and O–H groups in total. The first kappa shape index (κ1) is 14.7. The Bertz CT molecular complexity index is 269. The first-order valence-electron chi connectivity index (χ1n) is 4.93. The third kappa shape index (κ3) is 4.48. The summed E-state index contributed by atoms with van der Waals surface area (Å²) >= 11 is 0. The Morgan fingerprint density at radius 2 is 1.75 bits per heavy atom. The fourth-order valence-corrected chi connectivity index (χ4v) is 1.14. The summed E-state index contributed by atoms with van der Waals surface area (Å²) in [5, 5.41) is 18.1. The van der Waals surface area contributed by atoms with E-state index in [0.29, 0.717) is 0 Å². The second kappa shape index (κ2) is 5.16. The number of carboxylic acids is 1. The lowest BCUT2D eigenvalue weighted by Gasteiger charge is -2.29. The number of carbonyl (C=O) groups excluding carboxylic acids is 1. The molecule has 0 saturated heterocycles. The van der Waals surface area contributed by atoms with Crippen LogP contribution in [0.15, 0.2) is 0 Å². The van der Waals surface area contributed by atoms with Gasteiger partial charge in [0.25, 0.3) is 0 Å². The van der Waals surface area contributed by atoms with E-state index in [1.165, 1.54) is 14.0 Å². The fourth-order valence-electron chi connectivity index (χ4n) is 1.14. The quantitative estimate of drug-likeness (QED) is 0.748. The van der Waals surface area contributed by atoms with E-state index in [-0.39, 0.29) is 0 Å². The topological polar surface area (TPSA) is 87.1 Å². The van der Waals surface area contributed by atoms with Gasteiger partial charge in [0.1, 0.15) is 5.60 Å². The highest BCUT2D eigenvalue weighted by atomic mass is 16.6. The Morgan fingerprint density at radius 1 is 1.31 bits per heavy atom. The second-order valence-corrected chi connectivity index (χ2v) is 4.61. The van der Waals surface area contributed by atoms with Crippen LogP contribution < -0.4 is 0 Å². The second-order valence-electron chi connectivity index (χ2n) is 4.61. The number of aliphatic carboxylic acids is 1. The third-order valence-corrected chi connectivity index (χ3v) is 1.81. The van der Waals surface area contributed by atoms with Gasteiger partial charge in [0, 0.05) is 7.05 Å². The maximum absolute atomic E-state index is 11.5. The van der Waals surface area contributed by atoms with Crippen LogP contribution in [0.25, 0.3) is 0 Å². The predicted molar refractivity (Wildman–Crippen MR) is 57.1 cm³/mol. The summed E-state index contributed by atoms with van der Waals surface area (Å²) in [5.41, 5.74) is -0.701. The summed E-state index contributed by atoms with van der Waals surface area (Å²) in [6.45, 7) is 6.34. The van der Waals surface area contributed by atoms with Crippen molar-refractivity contribution in [2.24, 2.45) is 0 Å². The lowest BCUT2D eigenvalue weighted by atomic mass is 10.1. The lowest BCUT2D eigenvalue weighted by molar-refractivity contribution is -0.146. The minimum Gasteiger partial charge on any atom is -0.480 e. The van der Waals surface area contributed by atoms with Gasteiger partial charge in [-0.05, 0) is 27.7 Å². The number of carbonyl (C=O) groups is 2. The van der Waals surface area contributed by atoms with Crippen molar-refractivity contribution in [3.05, 3.63) is 0 Å². The van der Waals surface area contributed by atoms with Gasteiger partial charge in [-0.25, -0.2) is 9.59 Å². The molecule has 0 radical (unpaired) electrons. The molecule has 0 aromatic carbocycles. The number of likely N-dealkylation sites (N-methyl/N-ethyl adjacent to an activating group) is 1. The zero-order valence-electron chi connectivity index (χ0n) is 10.2. The van der Waals surface area contributed by atoms with Crippen LogP contribution in [0.4, 0.5) is 4.79 Å². The van der Waals surface area contributed by atoms with Crippen LogP contribution in [-0.4, -0.2) is 52.0 Å². The van der Waals surface area contributed by atoms with Gasteiger partial charge < -0.3 is 14.9 Å². The Morgan fingerprint density at radius 3 is 2.00 bits per heavy atom. The van der Waals surface area contributed by atoms with E-state index in [1.54, 1.807) is 20.8 Å². The van der Waals surface area contributed by atoms with Crippen LogP contribution in [0.3, 0.4) is 0 Å². The maximum atomic E-state index is 11.5. The van der Waals surface area contributed by atoms with E-state index in [0.717, 1.165) is 4.90 Å². The van der Waals surface area contributed by atoms with Crippen LogP contribution in [0.1, 0.15) is 27.7 Å². The monoisotopic (exact) mass is 233 g/mol. The smallest absolute Gasteiger partial charge is 0.410 e. The molecule has 0 aliphatic heterocycles. The highest BCUT2D eigenvalue weighted by Gasteiger charge is 2.33. The van der Waals surface area contributed by atoms with E-state index in [9.17, 15) is 14.7 Å². The van der Waals surface area contributed by atoms with Crippen molar-refractivity contribution in [1.82, 2.24) is 4.90 Å². The van der Waals surface area contributed by atoms with E-state index >= 15 is 0 Å². The minimum atomic E-state index is -1.31. The standard InChI is InChI=1S/C10H19NO5/c1-6(12)7(8(13)14)11(5)9(15)16-10(2,3)4/h6-7,12H,1-5H3,(H,13,14)/t6-,7-/m1/s1. The Kier molecular flexibility index (Phi) is 4.74. The number of hydrogen-bond acceptors (Lipinski definition) is 4. The van der Waals surface area contributed by atoms with Crippen LogP contribution in [0, 0.1) is 0 Å². The highest BCUT2D eigenvalue weighted by molar-refractivity contribution is 5.80. The third-order valence-electron chi connectivity index (χ3n) is 1.81. The number of rotatable bonds is 3. The summed E-state index contributed by atoms with van der Waals surface area (Å²) in [7, 11) is 1.28. The molecule has 0 saturated carbocycles. The molecule has 0 spiro atoms.